The predicted molar refractivity (Wildman–Crippen MR) is 48.5 cm³/mol. The Bertz CT molecular complexity index is 331. The minimum Gasteiger partial charge on any atom is -0.318 e. The van der Waals surface area contributed by atoms with E-state index in [1.54, 1.807) is 6.20 Å². The summed E-state index contributed by atoms with van der Waals surface area (Å²) in [5, 5.41) is 7.65. The van der Waals surface area contributed by atoms with Crippen molar-refractivity contribution in [1.82, 2.24) is 15.2 Å². The van der Waals surface area contributed by atoms with Crippen molar-refractivity contribution in [1.29, 1.82) is 0 Å². The average Bonchev–Trinajstić information content (AvgIpc) is 2.89. The Kier molecular flexibility index (Phi) is 2.47. The zero-order valence-corrected chi connectivity index (χ0v) is 8.14. The van der Waals surface area contributed by atoms with Crippen LogP contribution in [0.4, 0.5) is 0 Å². The third-order valence-corrected chi connectivity index (χ3v) is 2.14. The molecule has 0 aliphatic heterocycles. The van der Waals surface area contributed by atoms with Crippen LogP contribution in [0.1, 0.15) is 44.2 Å². The number of aromatic nitrogens is 3. The van der Waals surface area contributed by atoms with Gasteiger partial charge in [-0.3, -0.25) is 0 Å². The van der Waals surface area contributed by atoms with Crippen LogP contribution in [0.5, 0.6) is 0 Å². The SMILES string of the molecule is CCCC(=O)On1cc(C2CC2)nn1. The minimum atomic E-state index is -0.264. The van der Waals surface area contributed by atoms with Crippen LogP contribution in [0, 0.1) is 0 Å². The molecule has 0 bridgehead atoms. The van der Waals surface area contributed by atoms with Crippen LogP contribution in [-0.4, -0.2) is 21.1 Å². The van der Waals surface area contributed by atoms with Gasteiger partial charge in [-0.15, -0.1) is 5.10 Å². The second-order valence-electron chi connectivity index (χ2n) is 3.53. The van der Waals surface area contributed by atoms with Crippen molar-refractivity contribution < 1.29 is 9.63 Å². The van der Waals surface area contributed by atoms with Gasteiger partial charge in [0.05, 0.1) is 11.9 Å². The molecule has 1 saturated carbocycles. The van der Waals surface area contributed by atoms with Crippen molar-refractivity contribution in [2.75, 3.05) is 0 Å². The Labute approximate surface area is 82.0 Å². The topological polar surface area (TPSA) is 57.0 Å². The molecule has 0 unspecified atom stereocenters. The second-order valence-corrected chi connectivity index (χ2v) is 3.53. The smallest absolute Gasteiger partial charge is 0.318 e. The Morgan fingerprint density at radius 1 is 1.71 bits per heavy atom. The molecule has 5 nitrogen and oxygen atoms in total. The molecule has 1 fully saturated rings. The van der Waals surface area contributed by atoms with Crippen molar-refractivity contribution in [3.8, 4) is 0 Å². The Balaban J connectivity index is 1.92. The molecule has 0 spiro atoms. The van der Waals surface area contributed by atoms with Gasteiger partial charge in [-0.2, -0.15) is 0 Å². The Hall–Kier alpha value is -1.39. The summed E-state index contributed by atoms with van der Waals surface area (Å²) in [7, 11) is 0. The fourth-order valence-electron chi connectivity index (χ4n) is 1.23. The van der Waals surface area contributed by atoms with Gasteiger partial charge in [0.2, 0.25) is 0 Å². The molecule has 0 aromatic carbocycles. The summed E-state index contributed by atoms with van der Waals surface area (Å²) < 4.78 is 0. The first-order valence-electron chi connectivity index (χ1n) is 4.93. The van der Waals surface area contributed by atoms with Crippen LogP contribution in [0.15, 0.2) is 6.20 Å². The third kappa shape index (κ3) is 2.10. The first-order valence-corrected chi connectivity index (χ1v) is 4.93. The highest BCUT2D eigenvalue weighted by Gasteiger charge is 2.26. The van der Waals surface area contributed by atoms with Gasteiger partial charge in [-0.25, -0.2) is 4.79 Å². The van der Waals surface area contributed by atoms with Crippen LogP contribution < -0.4 is 4.84 Å². The van der Waals surface area contributed by atoms with Gasteiger partial charge in [-0.1, -0.05) is 11.8 Å². The number of hydrogen-bond donors (Lipinski definition) is 0. The lowest BCUT2D eigenvalue weighted by molar-refractivity contribution is -0.146. The summed E-state index contributed by atoms with van der Waals surface area (Å²) in [6.07, 6.45) is 5.22. The lowest BCUT2D eigenvalue weighted by Gasteiger charge is -1.98. The maximum absolute atomic E-state index is 11.1. The van der Waals surface area contributed by atoms with E-state index < -0.39 is 0 Å². The maximum atomic E-state index is 11.1. The summed E-state index contributed by atoms with van der Waals surface area (Å²) in [5.41, 5.74) is 0.925. The van der Waals surface area contributed by atoms with E-state index >= 15 is 0 Å². The quantitative estimate of drug-likeness (QED) is 0.670. The van der Waals surface area contributed by atoms with Crippen molar-refractivity contribution >= 4 is 5.97 Å². The van der Waals surface area contributed by atoms with Crippen molar-refractivity contribution in [3.63, 3.8) is 0 Å². The molecule has 0 N–H and O–H groups in total. The molecule has 14 heavy (non-hydrogen) atoms. The summed E-state index contributed by atoms with van der Waals surface area (Å²) in [6, 6.07) is 0. The molecular formula is C9H13N3O2. The number of rotatable bonds is 4. The molecule has 5 heteroatoms. The first-order chi connectivity index (χ1) is 6.79. The normalized spacial score (nSPS) is 15.5. The van der Waals surface area contributed by atoms with E-state index in [0.717, 1.165) is 17.0 Å². The molecule has 1 aromatic rings. The van der Waals surface area contributed by atoms with E-state index in [4.69, 9.17) is 4.84 Å². The zero-order valence-electron chi connectivity index (χ0n) is 8.14. The number of hydrogen-bond acceptors (Lipinski definition) is 4. The molecule has 76 valence electrons. The summed E-state index contributed by atoms with van der Waals surface area (Å²) in [4.78, 5) is 17.2. The van der Waals surface area contributed by atoms with Gasteiger partial charge in [0.15, 0.2) is 0 Å². The monoisotopic (exact) mass is 195 g/mol. The van der Waals surface area contributed by atoms with Crippen LogP contribution in [0.25, 0.3) is 0 Å². The first kappa shape index (κ1) is 9.18. The molecule has 0 saturated heterocycles. The summed E-state index contributed by atoms with van der Waals surface area (Å²) in [6.45, 7) is 1.93. The van der Waals surface area contributed by atoms with Gasteiger partial charge in [0, 0.05) is 12.3 Å². The standard InChI is InChI=1S/C9H13N3O2/c1-2-3-9(13)14-12-6-8(10-11-12)7-4-5-7/h6-7H,2-5H2,1H3. The van der Waals surface area contributed by atoms with Crippen molar-refractivity contribution in [3.05, 3.63) is 11.9 Å². The highest BCUT2D eigenvalue weighted by molar-refractivity contribution is 5.69. The largest absolute Gasteiger partial charge is 0.335 e. The highest BCUT2D eigenvalue weighted by atomic mass is 16.7. The molecule has 0 radical (unpaired) electrons. The van der Waals surface area contributed by atoms with E-state index in [9.17, 15) is 4.79 Å². The molecule has 1 heterocycles. The summed E-state index contributed by atoms with van der Waals surface area (Å²) >= 11 is 0. The second kappa shape index (κ2) is 3.77. The molecule has 0 amide bonds. The minimum absolute atomic E-state index is 0.264. The summed E-state index contributed by atoms with van der Waals surface area (Å²) in [5.74, 6) is 0.272. The van der Waals surface area contributed by atoms with E-state index in [0.29, 0.717) is 12.3 Å². The van der Waals surface area contributed by atoms with Crippen LogP contribution in [-0.2, 0) is 4.79 Å². The lowest BCUT2D eigenvalue weighted by atomic mass is 10.3. The van der Waals surface area contributed by atoms with E-state index in [-0.39, 0.29) is 5.97 Å². The van der Waals surface area contributed by atoms with E-state index in [1.165, 1.54) is 12.8 Å². The molecule has 1 aliphatic rings. The molecule has 1 aromatic heterocycles. The molecule has 0 atom stereocenters. The number of carbonyl (C=O) groups excluding carboxylic acids is 1. The van der Waals surface area contributed by atoms with E-state index in [2.05, 4.69) is 10.3 Å². The molecule has 1 aliphatic carbocycles. The van der Waals surface area contributed by atoms with Crippen molar-refractivity contribution in [2.45, 2.75) is 38.5 Å². The van der Waals surface area contributed by atoms with Gasteiger partial charge in [0.25, 0.3) is 0 Å². The number of carbonyl (C=O) groups is 1. The Morgan fingerprint density at radius 3 is 3.14 bits per heavy atom. The van der Waals surface area contributed by atoms with Crippen LogP contribution >= 0.6 is 0 Å². The van der Waals surface area contributed by atoms with Crippen LogP contribution in [0.2, 0.25) is 0 Å². The van der Waals surface area contributed by atoms with Gasteiger partial charge in [-0.05, 0) is 24.5 Å². The fraction of sp³-hybridized carbons (Fsp3) is 0.667. The Morgan fingerprint density at radius 2 is 2.50 bits per heavy atom. The molecule has 2 rings (SSSR count). The highest BCUT2D eigenvalue weighted by Crippen LogP contribution is 2.38. The predicted octanol–water partition coefficient (Wildman–Crippen LogP) is 0.911. The lowest BCUT2D eigenvalue weighted by Crippen LogP contribution is -2.19. The van der Waals surface area contributed by atoms with Crippen LogP contribution in [0.3, 0.4) is 0 Å². The fourth-order valence-corrected chi connectivity index (χ4v) is 1.23. The van der Waals surface area contributed by atoms with Gasteiger partial charge in [0.1, 0.15) is 0 Å². The third-order valence-electron chi connectivity index (χ3n) is 2.14. The van der Waals surface area contributed by atoms with Crippen molar-refractivity contribution in [2.24, 2.45) is 0 Å². The van der Waals surface area contributed by atoms with Gasteiger partial charge < -0.3 is 4.84 Å². The number of nitrogens with zero attached hydrogens (tertiary/aromatic N) is 3. The van der Waals surface area contributed by atoms with Gasteiger partial charge >= 0.3 is 5.97 Å². The zero-order chi connectivity index (χ0) is 9.97. The van der Waals surface area contributed by atoms with E-state index in [1.807, 2.05) is 6.92 Å². The maximum Gasteiger partial charge on any atom is 0.335 e. The average molecular weight is 195 g/mol. The molecular weight excluding hydrogens is 182 g/mol.